The van der Waals surface area contributed by atoms with Gasteiger partial charge in [0.25, 0.3) is 0 Å². The summed E-state index contributed by atoms with van der Waals surface area (Å²) in [5.41, 5.74) is -0.383. The molecule has 0 unspecified atom stereocenters. The van der Waals surface area contributed by atoms with Gasteiger partial charge in [0.2, 0.25) is 17.7 Å². The molecule has 2 fully saturated rings. The fourth-order valence-corrected chi connectivity index (χ4v) is 4.75. The Balaban J connectivity index is 1.86. The number of methoxy groups -OCH3 is 1. The summed E-state index contributed by atoms with van der Waals surface area (Å²) in [5, 5.41) is 16.6. The average Bonchev–Trinajstić information content (AvgIpc) is 3.20. The van der Waals surface area contributed by atoms with Crippen molar-refractivity contribution in [2.45, 2.75) is 24.6 Å². The summed E-state index contributed by atoms with van der Waals surface area (Å²) in [4.78, 5) is 40.3. The van der Waals surface area contributed by atoms with E-state index in [0.29, 0.717) is 16.3 Å². The number of ether oxygens (including phenoxy) is 1. The first-order chi connectivity index (χ1) is 12.8. The van der Waals surface area contributed by atoms with E-state index in [2.05, 4.69) is 10.6 Å². The van der Waals surface area contributed by atoms with Crippen LogP contribution in [0.4, 0.5) is 5.69 Å². The topological polar surface area (TPSA) is 108 Å². The van der Waals surface area contributed by atoms with E-state index in [0.717, 1.165) is 4.90 Å². The number of rotatable bonds is 4. The van der Waals surface area contributed by atoms with Crippen LogP contribution in [0.25, 0.3) is 0 Å². The molecule has 3 amide bonds. The van der Waals surface area contributed by atoms with E-state index in [1.165, 1.54) is 14.0 Å². The zero-order chi connectivity index (χ0) is 19.5. The molecule has 1 aromatic rings. The maximum Gasteiger partial charge on any atom is 0.250 e. The van der Waals surface area contributed by atoms with E-state index in [4.69, 9.17) is 16.3 Å². The number of imide groups is 1. The average molecular weight is 394 g/mol. The Bertz CT molecular complexity index is 844. The van der Waals surface area contributed by atoms with Crippen LogP contribution in [0.5, 0.6) is 0 Å². The van der Waals surface area contributed by atoms with Gasteiger partial charge in [0.15, 0.2) is 0 Å². The first-order valence-corrected chi connectivity index (χ1v) is 9.12. The first kappa shape index (κ1) is 18.4. The van der Waals surface area contributed by atoms with E-state index in [1.807, 2.05) is 0 Å². The Hall–Kier alpha value is -2.00. The van der Waals surface area contributed by atoms with Crippen LogP contribution >= 0.6 is 11.6 Å². The lowest BCUT2D eigenvalue weighted by Gasteiger charge is -2.30. The number of nitrogens with one attached hydrogen (secondary N) is 2. The molecule has 0 bridgehead atoms. The molecule has 0 radical (unpaired) electrons. The number of amides is 3. The number of carbonyl (C=O) groups excluding carboxylic acids is 3. The Labute approximate surface area is 160 Å². The number of anilines is 1. The number of hydrogen-bond acceptors (Lipinski definition) is 6. The van der Waals surface area contributed by atoms with Crippen LogP contribution in [0.2, 0.25) is 5.02 Å². The molecule has 3 N–H and O–H groups in total. The van der Waals surface area contributed by atoms with Crippen molar-refractivity contribution < 1.29 is 24.2 Å². The third-order valence-electron chi connectivity index (χ3n) is 5.74. The summed E-state index contributed by atoms with van der Waals surface area (Å²) in [7, 11) is 1.48. The summed E-state index contributed by atoms with van der Waals surface area (Å²) >= 11 is 6.14. The highest BCUT2D eigenvalue weighted by Crippen LogP contribution is 2.53. The van der Waals surface area contributed by atoms with Crippen molar-refractivity contribution in [3.8, 4) is 0 Å². The molecular formula is C18H20ClN3O5. The van der Waals surface area contributed by atoms with E-state index in [1.54, 1.807) is 18.2 Å². The monoisotopic (exact) mass is 393 g/mol. The van der Waals surface area contributed by atoms with Crippen molar-refractivity contribution >= 4 is 35.0 Å². The van der Waals surface area contributed by atoms with Gasteiger partial charge in [-0.1, -0.05) is 11.6 Å². The molecule has 3 aliphatic heterocycles. The molecule has 8 nitrogen and oxygen atoms in total. The van der Waals surface area contributed by atoms with E-state index < -0.39 is 47.2 Å². The van der Waals surface area contributed by atoms with E-state index >= 15 is 0 Å². The van der Waals surface area contributed by atoms with Crippen LogP contribution in [0.15, 0.2) is 18.2 Å². The lowest BCUT2D eigenvalue weighted by molar-refractivity contribution is -0.143. The molecular weight excluding hydrogens is 374 g/mol. The number of halogens is 1. The van der Waals surface area contributed by atoms with Crippen LogP contribution in [0, 0.1) is 11.8 Å². The molecule has 27 heavy (non-hydrogen) atoms. The lowest BCUT2D eigenvalue weighted by Crippen LogP contribution is -2.55. The summed E-state index contributed by atoms with van der Waals surface area (Å²) in [6, 6.07) is 4.19. The van der Waals surface area contributed by atoms with Gasteiger partial charge in [0, 0.05) is 29.4 Å². The normalized spacial score (nSPS) is 32.8. The van der Waals surface area contributed by atoms with Gasteiger partial charge < -0.3 is 15.2 Å². The molecule has 0 saturated carbocycles. The molecule has 3 aliphatic rings. The third-order valence-corrected chi connectivity index (χ3v) is 5.98. The summed E-state index contributed by atoms with van der Waals surface area (Å²) in [6.07, 6.45) is -0.938. The number of aliphatic hydroxyl groups excluding tert-OH is 1. The second-order valence-corrected chi connectivity index (χ2v) is 7.62. The first-order valence-electron chi connectivity index (χ1n) is 8.74. The van der Waals surface area contributed by atoms with Crippen molar-refractivity contribution in [3.05, 3.63) is 28.8 Å². The van der Waals surface area contributed by atoms with Crippen molar-refractivity contribution in [3.63, 3.8) is 0 Å². The van der Waals surface area contributed by atoms with Crippen LogP contribution < -0.4 is 10.6 Å². The van der Waals surface area contributed by atoms with Gasteiger partial charge in [-0.05, 0) is 25.1 Å². The number of nitrogens with zero attached hydrogens (tertiary/aromatic N) is 1. The van der Waals surface area contributed by atoms with E-state index in [9.17, 15) is 19.5 Å². The molecule has 144 valence electrons. The minimum Gasteiger partial charge on any atom is -0.392 e. The summed E-state index contributed by atoms with van der Waals surface area (Å²) < 4.78 is 5.00. The number of carbonyl (C=O) groups is 3. The molecule has 9 heteroatoms. The highest BCUT2D eigenvalue weighted by atomic mass is 35.5. The Morgan fingerprint density at radius 2 is 2.07 bits per heavy atom. The number of likely N-dealkylation sites (tertiary alicyclic amines) is 1. The predicted molar refractivity (Wildman–Crippen MR) is 95.9 cm³/mol. The van der Waals surface area contributed by atoms with Crippen molar-refractivity contribution in [1.82, 2.24) is 10.2 Å². The quantitative estimate of drug-likeness (QED) is 0.626. The van der Waals surface area contributed by atoms with Crippen LogP contribution in [0.3, 0.4) is 0 Å². The van der Waals surface area contributed by atoms with Crippen molar-refractivity contribution in [1.29, 1.82) is 0 Å². The fourth-order valence-electron chi connectivity index (χ4n) is 4.58. The molecule has 1 spiro atoms. The lowest BCUT2D eigenvalue weighted by atomic mass is 9.76. The third kappa shape index (κ3) is 2.37. The molecule has 2 saturated heterocycles. The smallest absolute Gasteiger partial charge is 0.250 e. The largest absolute Gasteiger partial charge is 0.392 e. The SMILES string of the molecule is COCCN1C(=O)[C@@H]2[C@H]([C@@H](C)O)N[C@@]3(C(=O)Nc4ccc(Cl)cc43)[C@@H]2C1=O. The van der Waals surface area contributed by atoms with Gasteiger partial charge in [0.1, 0.15) is 5.54 Å². The van der Waals surface area contributed by atoms with Gasteiger partial charge in [-0.2, -0.15) is 0 Å². The minimum atomic E-state index is -1.44. The van der Waals surface area contributed by atoms with Crippen LogP contribution in [-0.2, 0) is 24.7 Å². The zero-order valence-electron chi connectivity index (χ0n) is 14.9. The molecule has 4 rings (SSSR count). The maximum atomic E-state index is 13.2. The van der Waals surface area contributed by atoms with Gasteiger partial charge >= 0.3 is 0 Å². The molecule has 1 aromatic carbocycles. The highest BCUT2D eigenvalue weighted by molar-refractivity contribution is 6.31. The number of aliphatic hydroxyl groups is 1. The number of benzene rings is 1. The zero-order valence-corrected chi connectivity index (χ0v) is 15.6. The fraction of sp³-hybridized carbons (Fsp3) is 0.500. The number of hydrogen-bond donors (Lipinski definition) is 3. The predicted octanol–water partition coefficient (Wildman–Crippen LogP) is 0.0876. The summed E-state index contributed by atoms with van der Waals surface area (Å²) in [5.74, 6) is -3.07. The van der Waals surface area contributed by atoms with Crippen molar-refractivity contribution in [2.24, 2.45) is 11.8 Å². The molecule has 3 heterocycles. The Morgan fingerprint density at radius 1 is 1.33 bits per heavy atom. The second kappa shape index (κ2) is 6.27. The highest BCUT2D eigenvalue weighted by Gasteiger charge is 2.71. The van der Waals surface area contributed by atoms with Crippen molar-refractivity contribution in [2.75, 3.05) is 25.6 Å². The van der Waals surface area contributed by atoms with Gasteiger partial charge in [-0.25, -0.2) is 0 Å². The Morgan fingerprint density at radius 3 is 2.74 bits per heavy atom. The minimum absolute atomic E-state index is 0.105. The maximum absolute atomic E-state index is 13.2. The Kier molecular flexibility index (Phi) is 4.27. The molecule has 0 aliphatic carbocycles. The van der Waals surface area contributed by atoms with Crippen LogP contribution in [0.1, 0.15) is 12.5 Å². The second-order valence-electron chi connectivity index (χ2n) is 7.19. The van der Waals surface area contributed by atoms with Crippen LogP contribution in [-0.4, -0.2) is 60.1 Å². The van der Waals surface area contributed by atoms with Gasteiger partial charge in [0.05, 0.1) is 31.1 Å². The number of fused-ring (bicyclic) bond motifs is 4. The molecule has 5 atom stereocenters. The molecule has 0 aromatic heterocycles. The van der Waals surface area contributed by atoms with Gasteiger partial charge in [-0.3, -0.25) is 24.6 Å². The summed E-state index contributed by atoms with van der Waals surface area (Å²) in [6.45, 7) is 1.84. The van der Waals surface area contributed by atoms with E-state index in [-0.39, 0.29) is 13.2 Å². The van der Waals surface area contributed by atoms with Gasteiger partial charge in [-0.15, -0.1) is 0 Å². The standard InChI is InChI=1S/C18H20ClN3O5/c1-8(23)14-12-13(16(25)22(15(12)24)5-6-27-2)18(21-14)10-7-9(19)3-4-11(10)20-17(18)26/h3-4,7-8,12-14,21,23H,5-6H2,1-2H3,(H,20,26)/t8-,12+,13+,14+,18-/m1/s1.